The molecule has 0 bridgehead atoms. The van der Waals surface area contributed by atoms with E-state index in [1.165, 1.54) is 41.6 Å². The number of benzene rings is 1. The van der Waals surface area contributed by atoms with Crippen molar-refractivity contribution in [2.75, 3.05) is 26.2 Å². The number of hydrogen-bond acceptors (Lipinski definition) is 3. The molecule has 25 heavy (non-hydrogen) atoms. The van der Waals surface area contributed by atoms with Crippen LogP contribution in [0.2, 0.25) is 0 Å². The third-order valence-electron chi connectivity index (χ3n) is 4.62. The van der Waals surface area contributed by atoms with E-state index in [-0.39, 0.29) is 18.0 Å². The summed E-state index contributed by atoms with van der Waals surface area (Å²) in [4.78, 5) is 25.6. The number of carbonyl (C=O) groups is 1. The Kier molecular flexibility index (Phi) is 5.60. The van der Waals surface area contributed by atoms with E-state index in [2.05, 4.69) is 10.4 Å². The van der Waals surface area contributed by atoms with Crippen LogP contribution < -0.4 is 15.8 Å². The first-order valence-corrected chi connectivity index (χ1v) is 8.87. The molecule has 0 unspecified atom stereocenters. The number of rotatable bonds is 6. The number of nitrogens with one attached hydrogen (secondary N) is 2. The summed E-state index contributed by atoms with van der Waals surface area (Å²) in [6.45, 7) is 5.93. The van der Waals surface area contributed by atoms with Gasteiger partial charge in [-0.2, -0.15) is 5.10 Å². The highest BCUT2D eigenvalue weighted by molar-refractivity contribution is 5.75. The summed E-state index contributed by atoms with van der Waals surface area (Å²) >= 11 is 0. The van der Waals surface area contributed by atoms with Crippen molar-refractivity contribution in [3.8, 4) is 11.3 Å². The van der Waals surface area contributed by atoms with E-state index < -0.39 is 0 Å². The number of aromatic nitrogens is 2. The van der Waals surface area contributed by atoms with Crippen molar-refractivity contribution in [1.29, 1.82) is 0 Å². The standard InChI is InChI=1S/C19H24N4O2/c1-15-4-6-16(7-5-15)17-8-9-19(25)23(21-17)14-18(24)20-10-13-22-11-2-3-12-22/h4-9H,2-3,10-14H2,1H3,(H,20,24)/p+1. The summed E-state index contributed by atoms with van der Waals surface area (Å²) in [7, 11) is 0. The predicted octanol–water partition coefficient (Wildman–Crippen LogP) is 0.0136. The van der Waals surface area contributed by atoms with E-state index in [4.69, 9.17) is 0 Å². The van der Waals surface area contributed by atoms with Crippen LogP contribution in [-0.2, 0) is 11.3 Å². The van der Waals surface area contributed by atoms with Gasteiger partial charge in [0.15, 0.2) is 0 Å². The lowest BCUT2D eigenvalue weighted by Gasteiger charge is -2.12. The molecule has 3 rings (SSSR count). The Morgan fingerprint density at radius 2 is 1.88 bits per heavy atom. The number of aryl methyl sites for hydroxylation is 1. The summed E-state index contributed by atoms with van der Waals surface area (Å²) in [6.07, 6.45) is 2.54. The minimum Gasteiger partial charge on any atom is -0.349 e. The molecule has 1 amide bonds. The fourth-order valence-electron chi connectivity index (χ4n) is 3.14. The third-order valence-corrected chi connectivity index (χ3v) is 4.62. The van der Waals surface area contributed by atoms with Gasteiger partial charge >= 0.3 is 0 Å². The Bertz CT molecular complexity index is 777. The van der Waals surface area contributed by atoms with Crippen molar-refractivity contribution in [3.63, 3.8) is 0 Å². The molecule has 6 heteroatoms. The van der Waals surface area contributed by atoms with Gasteiger partial charge in [-0.3, -0.25) is 9.59 Å². The Labute approximate surface area is 147 Å². The quantitative estimate of drug-likeness (QED) is 0.778. The van der Waals surface area contributed by atoms with Crippen LogP contribution in [-0.4, -0.2) is 41.9 Å². The molecule has 0 aliphatic carbocycles. The molecule has 132 valence electrons. The van der Waals surface area contributed by atoms with Crippen LogP contribution in [0.3, 0.4) is 0 Å². The number of quaternary nitrogens is 1. The van der Waals surface area contributed by atoms with Crippen LogP contribution in [0, 0.1) is 6.92 Å². The lowest BCUT2D eigenvalue weighted by atomic mass is 10.1. The summed E-state index contributed by atoms with van der Waals surface area (Å²) in [5.74, 6) is -0.172. The lowest BCUT2D eigenvalue weighted by molar-refractivity contribution is -0.886. The van der Waals surface area contributed by atoms with Gasteiger partial charge in [-0.15, -0.1) is 0 Å². The fraction of sp³-hybridized carbons (Fsp3) is 0.421. The molecule has 1 saturated heterocycles. The van der Waals surface area contributed by atoms with E-state index in [0.29, 0.717) is 12.2 Å². The molecule has 6 nitrogen and oxygen atoms in total. The lowest BCUT2D eigenvalue weighted by Crippen LogP contribution is -3.10. The normalized spacial score (nSPS) is 14.6. The van der Waals surface area contributed by atoms with Gasteiger partial charge in [0.1, 0.15) is 6.54 Å². The van der Waals surface area contributed by atoms with Crippen LogP contribution in [0.15, 0.2) is 41.2 Å². The molecule has 1 aliphatic rings. The molecule has 0 radical (unpaired) electrons. The maximum Gasteiger partial charge on any atom is 0.267 e. The zero-order valence-corrected chi connectivity index (χ0v) is 14.6. The first-order valence-electron chi connectivity index (χ1n) is 8.87. The van der Waals surface area contributed by atoms with Crippen molar-refractivity contribution in [1.82, 2.24) is 15.1 Å². The van der Waals surface area contributed by atoms with Gasteiger partial charge in [0, 0.05) is 24.5 Å². The first kappa shape index (κ1) is 17.4. The van der Waals surface area contributed by atoms with Crippen molar-refractivity contribution < 1.29 is 9.69 Å². The summed E-state index contributed by atoms with van der Waals surface area (Å²) in [6, 6.07) is 11.1. The monoisotopic (exact) mass is 341 g/mol. The number of hydrogen-bond donors (Lipinski definition) is 2. The molecule has 0 saturated carbocycles. The predicted molar refractivity (Wildman–Crippen MR) is 96.5 cm³/mol. The smallest absolute Gasteiger partial charge is 0.267 e. The largest absolute Gasteiger partial charge is 0.349 e. The highest BCUT2D eigenvalue weighted by Crippen LogP contribution is 2.15. The second-order valence-electron chi connectivity index (χ2n) is 6.64. The minimum atomic E-state index is -0.267. The molecule has 1 fully saturated rings. The number of likely N-dealkylation sites (tertiary alicyclic amines) is 1. The van der Waals surface area contributed by atoms with Gasteiger partial charge in [0.05, 0.1) is 31.9 Å². The van der Waals surface area contributed by atoms with Crippen molar-refractivity contribution in [2.24, 2.45) is 0 Å². The maximum atomic E-state index is 12.1. The Morgan fingerprint density at radius 1 is 1.16 bits per heavy atom. The zero-order valence-electron chi connectivity index (χ0n) is 14.6. The number of amides is 1. The van der Waals surface area contributed by atoms with Crippen LogP contribution >= 0.6 is 0 Å². The van der Waals surface area contributed by atoms with Crippen molar-refractivity contribution >= 4 is 5.91 Å². The molecule has 0 spiro atoms. The Morgan fingerprint density at radius 3 is 2.60 bits per heavy atom. The first-order chi connectivity index (χ1) is 12.1. The number of nitrogens with zero attached hydrogens (tertiary/aromatic N) is 2. The van der Waals surface area contributed by atoms with Gasteiger partial charge in [-0.1, -0.05) is 29.8 Å². The third kappa shape index (κ3) is 4.76. The number of carbonyl (C=O) groups excluding carboxylic acids is 1. The topological polar surface area (TPSA) is 68.4 Å². The van der Waals surface area contributed by atoms with Gasteiger partial charge in [-0.05, 0) is 13.0 Å². The summed E-state index contributed by atoms with van der Waals surface area (Å²) in [5, 5.41) is 7.23. The Balaban J connectivity index is 1.61. The minimum absolute atomic E-state index is 0.0477. The van der Waals surface area contributed by atoms with Gasteiger partial charge in [0.25, 0.3) is 5.56 Å². The van der Waals surface area contributed by atoms with Crippen molar-refractivity contribution in [2.45, 2.75) is 26.3 Å². The molecule has 1 aliphatic heterocycles. The molecule has 2 N–H and O–H groups in total. The average molecular weight is 341 g/mol. The van der Waals surface area contributed by atoms with E-state index in [0.717, 1.165) is 17.7 Å². The summed E-state index contributed by atoms with van der Waals surface area (Å²) < 4.78 is 1.23. The fourth-order valence-corrected chi connectivity index (χ4v) is 3.14. The molecular weight excluding hydrogens is 316 g/mol. The van der Waals surface area contributed by atoms with E-state index in [1.807, 2.05) is 31.2 Å². The van der Waals surface area contributed by atoms with Crippen LogP contribution in [0.4, 0.5) is 0 Å². The molecule has 2 aromatic rings. The van der Waals surface area contributed by atoms with Crippen LogP contribution in [0.25, 0.3) is 11.3 Å². The molecule has 1 aromatic carbocycles. The average Bonchev–Trinajstić information content (AvgIpc) is 3.11. The molecule has 0 atom stereocenters. The highest BCUT2D eigenvalue weighted by Gasteiger charge is 2.15. The summed E-state index contributed by atoms with van der Waals surface area (Å²) in [5.41, 5.74) is 2.51. The zero-order chi connectivity index (χ0) is 17.6. The second kappa shape index (κ2) is 8.07. The maximum absolute atomic E-state index is 12.1. The SMILES string of the molecule is Cc1ccc(-c2ccc(=O)n(CC(=O)NCC[NH+]3CCCC3)n2)cc1. The Hall–Kier alpha value is -2.47. The van der Waals surface area contributed by atoms with Crippen molar-refractivity contribution in [3.05, 3.63) is 52.3 Å². The molecular formula is C19H25N4O2+. The second-order valence-corrected chi connectivity index (χ2v) is 6.64. The highest BCUT2D eigenvalue weighted by atomic mass is 16.2. The molecule has 1 aromatic heterocycles. The van der Waals surface area contributed by atoms with E-state index in [1.54, 1.807) is 6.07 Å². The van der Waals surface area contributed by atoms with E-state index >= 15 is 0 Å². The van der Waals surface area contributed by atoms with Crippen LogP contribution in [0.5, 0.6) is 0 Å². The van der Waals surface area contributed by atoms with Gasteiger partial charge in [-0.25, -0.2) is 4.68 Å². The van der Waals surface area contributed by atoms with Crippen LogP contribution in [0.1, 0.15) is 18.4 Å². The molecule has 2 heterocycles. The van der Waals surface area contributed by atoms with E-state index in [9.17, 15) is 9.59 Å². The van der Waals surface area contributed by atoms with Gasteiger partial charge < -0.3 is 10.2 Å². The van der Waals surface area contributed by atoms with Gasteiger partial charge in [0.2, 0.25) is 5.91 Å².